The fraction of sp³-hybridized carbons (Fsp3) is 0.364. The molecule has 0 atom stereocenters. The molecule has 98 valence electrons. The van der Waals surface area contributed by atoms with E-state index >= 15 is 0 Å². The number of nitrogens with zero attached hydrogens (tertiary/aromatic N) is 1. The van der Waals surface area contributed by atoms with Crippen molar-refractivity contribution in [3.63, 3.8) is 0 Å². The van der Waals surface area contributed by atoms with Gasteiger partial charge in [0, 0.05) is 18.1 Å². The Hall–Kier alpha value is -1.40. The molecule has 1 N–H and O–H groups in total. The molecule has 1 heterocycles. The third-order valence-electron chi connectivity index (χ3n) is 2.54. The zero-order valence-electron chi connectivity index (χ0n) is 9.15. The maximum atomic E-state index is 12.2. The molecular formula is C11H10ClF2NO3. The van der Waals surface area contributed by atoms with Crippen LogP contribution < -0.4 is 4.74 Å². The zero-order chi connectivity index (χ0) is 13.3. The standard InChI is InChI=1S/C11H10ClF2NO3/c12-6-1-2-9(18-11(13)14)8(3-6)10(17)15-4-7(16)5-15/h1-3,7,11,16H,4-5H2. The van der Waals surface area contributed by atoms with Gasteiger partial charge in [-0.15, -0.1) is 0 Å². The lowest BCUT2D eigenvalue weighted by Gasteiger charge is -2.36. The predicted molar refractivity (Wildman–Crippen MR) is 60.0 cm³/mol. The second kappa shape index (κ2) is 5.07. The topological polar surface area (TPSA) is 49.8 Å². The van der Waals surface area contributed by atoms with E-state index < -0.39 is 18.6 Å². The average Bonchev–Trinajstić information content (AvgIpc) is 2.26. The summed E-state index contributed by atoms with van der Waals surface area (Å²) in [6.45, 7) is -2.65. The highest BCUT2D eigenvalue weighted by Crippen LogP contribution is 2.27. The Morgan fingerprint density at radius 3 is 2.72 bits per heavy atom. The summed E-state index contributed by atoms with van der Waals surface area (Å²) < 4.78 is 28.7. The van der Waals surface area contributed by atoms with Crippen molar-refractivity contribution in [2.75, 3.05) is 13.1 Å². The molecule has 1 amide bonds. The van der Waals surface area contributed by atoms with Gasteiger partial charge in [0.05, 0.1) is 11.7 Å². The SMILES string of the molecule is O=C(c1cc(Cl)ccc1OC(F)F)N1CC(O)C1. The monoisotopic (exact) mass is 277 g/mol. The minimum atomic E-state index is -3.01. The molecule has 2 rings (SSSR count). The number of rotatable bonds is 3. The fourth-order valence-electron chi connectivity index (χ4n) is 1.66. The van der Waals surface area contributed by atoms with E-state index in [-0.39, 0.29) is 29.4 Å². The molecule has 0 spiro atoms. The number of aliphatic hydroxyl groups is 1. The number of ether oxygens (including phenoxy) is 1. The van der Waals surface area contributed by atoms with Gasteiger partial charge in [0.15, 0.2) is 0 Å². The van der Waals surface area contributed by atoms with Crippen molar-refractivity contribution >= 4 is 17.5 Å². The second-order valence-electron chi connectivity index (χ2n) is 3.88. The Kier molecular flexibility index (Phi) is 3.68. The van der Waals surface area contributed by atoms with E-state index in [1.165, 1.54) is 23.1 Å². The first kappa shape index (κ1) is 13.0. The molecule has 0 unspecified atom stereocenters. The van der Waals surface area contributed by atoms with Crippen molar-refractivity contribution in [1.82, 2.24) is 4.90 Å². The largest absolute Gasteiger partial charge is 0.434 e. The molecule has 7 heteroatoms. The molecule has 1 saturated heterocycles. The number of hydrogen-bond donors (Lipinski definition) is 1. The first-order valence-electron chi connectivity index (χ1n) is 5.19. The van der Waals surface area contributed by atoms with Gasteiger partial charge in [-0.3, -0.25) is 4.79 Å². The Morgan fingerprint density at radius 2 is 2.17 bits per heavy atom. The summed E-state index contributed by atoms with van der Waals surface area (Å²) in [5, 5.41) is 9.36. The highest BCUT2D eigenvalue weighted by atomic mass is 35.5. The molecule has 1 aliphatic heterocycles. The number of benzene rings is 1. The maximum absolute atomic E-state index is 12.2. The number of hydrogen-bond acceptors (Lipinski definition) is 3. The summed E-state index contributed by atoms with van der Waals surface area (Å²) in [6.07, 6.45) is -0.562. The van der Waals surface area contributed by atoms with Crippen molar-refractivity contribution in [3.05, 3.63) is 28.8 Å². The molecule has 18 heavy (non-hydrogen) atoms. The average molecular weight is 278 g/mol. The van der Waals surface area contributed by atoms with Crippen LogP contribution in [-0.4, -0.2) is 41.7 Å². The molecule has 1 fully saturated rings. The van der Waals surface area contributed by atoms with E-state index in [4.69, 9.17) is 16.7 Å². The van der Waals surface area contributed by atoms with Crippen LogP contribution in [-0.2, 0) is 0 Å². The van der Waals surface area contributed by atoms with Crippen LogP contribution in [0.2, 0.25) is 5.02 Å². The molecule has 4 nitrogen and oxygen atoms in total. The van der Waals surface area contributed by atoms with Crippen LogP contribution >= 0.6 is 11.6 Å². The van der Waals surface area contributed by atoms with Crippen LogP contribution in [0, 0.1) is 0 Å². The Morgan fingerprint density at radius 1 is 1.50 bits per heavy atom. The smallest absolute Gasteiger partial charge is 0.387 e. The number of β-amino-alcohol motifs (C(OH)–C–C–N with tert-alkyl or cyclic N) is 1. The van der Waals surface area contributed by atoms with Crippen LogP contribution in [0.15, 0.2) is 18.2 Å². The highest BCUT2D eigenvalue weighted by Gasteiger charge is 2.31. The van der Waals surface area contributed by atoms with Gasteiger partial charge in [-0.25, -0.2) is 0 Å². The number of halogens is 3. The lowest BCUT2D eigenvalue weighted by atomic mass is 10.1. The summed E-state index contributed by atoms with van der Waals surface area (Å²) in [6, 6.07) is 3.85. The molecular weight excluding hydrogens is 268 g/mol. The third kappa shape index (κ3) is 2.70. The van der Waals surface area contributed by atoms with Crippen LogP contribution in [0.25, 0.3) is 0 Å². The molecule has 0 bridgehead atoms. The van der Waals surface area contributed by atoms with E-state index in [0.29, 0.717) is 0 Å². The minimum absolute atomic E-state index is 0.0327. The first-order chi connectivity index (χ1) is 8.47. The number of carbonyl (C=O) groups excluding carboxylic acids is 1. The lowest BCUT2D eigenvalue weighted by Crippen LogP contribution is -2.53. The number of likely N-dealkylation sites (tertiary alicyclic amines) is 1. The lowest BCUT2D eigenvalue weighted by molar-refractivity contribution is -0.0506. The van der Waals surface area contributed by atoms with Crippen LogP contribution in [0.1, 0.15) is 10.4 Å². The summed E-state index contributed by atoms with van der Waals surface area (Å²) in [5.41, 5.74) is -0.0327. The maximum Gasteiger partial charge on any atom is 0.387 e. The van der Waals surface area contributed by atoms with Gasteiger partial charge in [0.2, 0.25) is 0 Å². The van der Waals surface area contributed by atoms with Gasteiger partial charge in [-0.1, -0.05) is 11.6 Å². The van der Waals surface area contributed by atoms with Crippen molar-refractivity contribution in [2.45, 2.75) is 12.7 Å². The number of aliphatic hydroxyl groups excluding tert-OH is 1. The Balaban J connectivity index is 2.24. The molecule has 0 aromatic heterocycles. The summed E-state index contributed by atoms with van der Waals surface area (Å²) in [4.78, 5) is 13.3. The molecule has 1 aliphatic rings. The van der Waals surface area contributed by atoms with E-state index in [0.717, 1.165) is 0 Å². The summed E-state index contributed by atoms with van der Waals surface area (Å²) in [5.74, 6) is -0.709. The van der Waals surface area contributed by atoms with Gasteiger partial charge in [0.25, 0.3) is 5.91 Å². The molecule has 1 aromatic carbocycles. The van der Waals surface area contributed by atoms with Crippen molar-refractivity contribution in [3.8, 4) is 5.75 Å². The fourth-order valence-corrected chi connectivity index (χ4v) is 1.83. The van der Waals surface area contributed by atoms with E-state index in [2.05, 4.69) is 4.74 Å². The van der Waals surface area contributed by atoms with E-state index in [1.54, 1.807) is 0 Å². The van der Waals surface area contributed by atoms with Gasteiger partial charge < -0.3 is 14.7 Å². The second-order valence-corrected chi connectivity index (χ2v) is 4.32. The van der Waals surface area contributed by atoms with Gasteiger partial charge in [-0.05, 0) is 18.2 Å². The van der Waals surface area contributed by atoms with Crippen LogP contribution in [0.3, 0.4) is 0 Å². The van der Waals surface area contributed by atoms with Crippen molar-refractivity contribution in [1.29, 1.82) is 0 Å². The van der Waals surface area contributed by atoms with Crippen LogP contribution in [0.4, 0.5) is 8.78 Å². The number of amides is 1. The predicted octanol–water partition coefficient (Wildman–Crippen LogP) is 1.76. The Labute approximate surface area is 107 Å². The molecule has 0 saturated carbocycles. The zero-order valence-corrected chi connectivity index (χ0v) is 9.90. The van der Waals surface area contributed by atoms with Crippen molar-refractivity contribution in [2.24, 2.45) is 0 Å². The molecule has 0 radical (unpaired) electrons. The molecule has 1 aromatic rings. The van der Waals surface area contributed by atoms with E-state index in [1.807, 2.05) is 0 Å². The number of carbonyl (C=O) groups is 1. The van der Waals surface area contributed by atoms with Gasteiger partial charge in [-0.2, -0.15) is 8.78 Å². The third-order valence-corrected chi connectivity index (χ3v) is 2.77. The number of alkyl halides is 2. The van der Waals surface area contributed by atoms with Crippen LogP contribution in [0.5, 0.6) is 5.75 Å². The highest BCUT2D eigenvalue weighted by molar-refractivity contribution is 6.31. The van der Waals surface area contributed by atoms with Crippen molar-refractivity contribution < 1.29 is 23.4 Å². The normalized spacial score (nSPS) is 15.7. The quantitative estimate of drug-likeness (QED) is 0.916. The molecule has 0 aliphatic carbocycles. The first-order valence-corrected chi connectivity index (χ1v) is 5.57. The minimum Gasteiger partial charge on any atom is -0.434 e. The van der Waals surface area contributed by atoms with Gasteiger partial charge in [0.1, 0.15) is 5.75 Å². The summed E-state index contributed by atoms with van der Waals surface area (Å²) >= 11 is 5.73. The summed E-state index contributed by atoms with van der Waals surface area (Å²) in [7, 11) is 0. The van der Waals surface area contributed by atoms with E-state index in [9.17, 15) is 13.6 Å². The van der Waals surface area contributed by atoms with Gasteiger partial charge >= 0.3 is 6.61 Å². The Bertz CT molecular complexity index is 464.